The third-order valence-electron chi connectivity index (χ3n) is 2.82. The van der Waals surface area contributed by atoms with E-state index in [9.17, 15) is 0 Å². The van der Waals surface area contributed by atoms with Crippen molar-refractivity contribution in [3.05, 3.63) is 11.6 Å². The highest BCUT2D eigenvalue weighted by molar-refractivity contribution is 9.09. The smallest absolute Gasteiger partial charge is 0.00660 e. The number of rotatable bonds is 3. The Bertz CT molecular complexity index is 143. The molecule has 0 aliphatic heterocycles. The first-order chi connectivity index (χ1) is 5.84. The summed E-state index contributed by atoms with van der Waals surface area (Å²) < 4.78 is 0. The van der Waals surface area contributed by atoms with Crippen LogP contribution in [0.25, 0.3) is 0 Å². The lowest BCUT2D eigenvalue weighted by Gasteiger charge is -2.22. The van der Waals surface area contributed by atoms with Crippen molar-refractivity contribution in [2.45, 2.75) is 45.4 Å². The third kappa shape index (κ3) is 3.30. The van der Waals surface area contributed by atoms with E-state index in [1.165, 1.54) is 38.5 Å². The molecule has 0 atom stereocenters. The third-order valence-corrected chi connectivity index (χ3v) is 3.28. The average molecular weight is 231 g/mol. The van der Waals surface area contributed by atoms with Crippen molar-refractivity contribution < 1.29 is 0 Å². The Labute approximate surface area is 84.6 Å². The van der Waals surface area contributed by atoms with Crippen molar-refractivity contribution in [3.8, 4) is 0 Å². The summed E-state index contributed by atoms with van der Waals surface area (Å²) in [5.74, 6) is 0.915. The average Bonchev–Trinajstić information content (AvgIpc) is 2.15. The van der Waals surface area contributed by atoms with Gasteiger partial charge in [-0.2, -0.15) is 0 Å². The molecule has 1 fully saturated rings. The van der Waals surface area contributed by atoms with Gasteiger partial charge in [0.25, 0.3) is 0 Å². The molecule has 0 aromatic rings. The van der Waals surface area contributed by atoms with E-state index in [2.05, 4.69) is 28.9 Å². The van der Waals surface area contributed by atoms with Crippen molar-refractivity contribution in [1.82, 2.24) is 0 Å². The molecule has 0 unspecified atom stereocenters. The molecular formula is C11H19Br. The van der Waals surface area contributed by atoms with E-state index in [1.54, 1.807) is 5.57 Å². The molecule has 0 saturated heterocycles. The zero-order valence-corrected chi connectivity index (χ0v) is 9.57. The normalized spacial score (nSPS) is 21.3. The molecule has 1 aliphatic rings. The van der Waals surface area contributed by atoms with Crippen LogP contribution in [0.3, 0.4) is 0 Å². The maximum absolute atomic E-state index is 3.46. The van der Waals surface area contributed by atoms with Crippen LogP contribution in [-0.2, 0) is 0 Å². The Kier molecular flexibility index (Phi) is 4.98. The highest BCUT2D eigenvalue weighted by Crippen LogP contribution is 2.29. The van der Waals surface area contributed by atoms with Crippen LogP contribution < -0.4 is 0 Å². The van der Waals surface area contributed by atoms with Crippen molar-refractivity contribution in [3.63, 3.8) is 0 Å². The van der Waals surface area contributed by atoms with Gasteiger partial charge in [0.05, 0.1) is 0 Å². The largest absolute Gasteiger partial charge is 0.0925 e. The standard InChI is InChI=1S/C11H19Br/c1-10(6-5-9-12)11-7-3-2-4-8-11/h6,11H,2-5,7-9H2,1H3. The molecule has 1 heteroatoms. The van der Waals surface area contributed by atoms with Gasteiger partial charge in [-0.25, -0.2) is 0 Å². The van der Waals surface area contributed by atoms with Gasteiger partial charge < -0.3 is 0 Å². The lowest BCUT2D eigenvalue weighted by atomic mass is 9.84. The van der Waals surface area contributed by atoms with Gasteiger partial charge in [0.1, 0.15) is 0 Å². The van der Waals surface area contributed by atoms with E-state index < -0.39 is 0 Å². The van der Waals surface area contributed by atoms with E-state index in [-0.39, 0.29) is 0 Å². The number of allylic oxidation sites excluding steroid dienone is 2. The first-order valence-corrected chi connectivity index (χ1v) is 6.19. The second-order valence-electron chi connectivity index (χ2n) is 3.76. The minimum atomic E-state index is 0.915. The fraction of sp³-hybridized carbons (Fsp3) is 0.818. The Morgan fingerprint density at radius 2 is 2.00 bits per heavy atom. The van der Waals surface area contributed by atoms with Gasteiger partial charge in [0.2, 0.25) is 0 Å². The summed E-state index contributed by atoms with van der Waals surface area (Å²) in [5, 5.41) is 1.11. The molecule has 0 aromatic carbocycles. The second-order valence-corrected chi connectivity index (χ2v) is 4.55. The Morgan fingerprint density at radius 1 is 1.33 bits per heavy atom. The zero-order valence-electron chi connectivity index (χ0n) is 7.98. The first-order valence-electron chi connectivity index (χ1n) is 5.07. The molecule has 1 aliphatic carbocycles. The first kappa shape index (κ1) is 10.3. The van der Waals surface area contributed by atoms with Crippen LogP contribution >= 0.6 is 15.9 Å². The Balaban J connectivity index is 2.33. The molecule has 0 heterocycles. The molecule has 1 saturated carbocycles. The topological polar surface area (TPSA) is 0 Å². The van der Waals surface area contributed by atoms with Crippen LogP contribution in [0.5, 0.6) is 0 Å². The molecule has 1 rings (SSSR count). The molecule has 0 bridgehead atoms. The molecule has 0 nitrogen and oxygen atoms in total. The zero-order chi connectivity index (χ0) is 8.81. The number of hydrogen-bond donors (Lipinski definition) is 0. The monoisotopic (exact) mass is 230 g/mol. The number of hydrogen-bond acceptors (Lipinski definition) is 0. The van der Waals surface area contributed by atoms with Gasteiger partial charge >= 0.3 is 0 Å². The molecule has 70 valence electrons. The SMILES string of the molecule is CC(=CCCBr)C1CCCCC1. The van der Waals surface area contributed by atoms with Crippen LogP contribution in [0.2, 0.25) is 0 Å². The van der Waals surface area contributed by atoms with Gasteiger partial charge in [-0.05, 0) is 32.1 Å². The van der Waals surface area contributed by atoms with Crippen LogP contribution in [0.15, 0.2) is 11.6 Å². The van der Waals surface area contributed by atoms with Crippen LogP contribution in [0.1, 0.15) is 45.4 Å². The molecule has 0 amide bonds. The van der Waals surface area contributed by atoms with Crippen molar-refractivity contribution >= 4 is 15.9 Å². The van der Waals surface area contributed by atoms with Gasteiger partial charge in [-0.3, -0.25) is 0 Å². The van der Waals surface area contributed by atoms with E-state index in [0.717, 1.165) is 11.2 Å². The van der Waals surface area contributed by atoms with Crippen molar-refractivity contribution in [1.29, 1.82) is 0 Å². The van der Waals surface area contributed by atoms with Crippen LogP contribution in [0.4, 0.5) is 0 Å². The van der Waals surface area contributed by atoms with E-state index in [1.807, 2.05) is 0 Å². The molecule has 0 radical (unpaired) electrons. The lowest BCUT2D eigenvalue weighted by Crippen LogP contribution is -2.07. The number of alkyl halides is 1. The van der Waals surface area contributed by atoms with Gasteiger partial charge in [0, 0.05) is 5.33 Å². The van der Waals surface area contributed by atoms with Crippen molar-refractivity contribution in [2.75, 3.05) is 5.33 Å². The Hall–Kier alpha value is 0.220. The van der Waals surface area contributed by atoms with E-state index in [4.69, 9.17) is 0 Å². The summed E-state index contributed by atoms with van der Waals surface area (Å²) in [6.45, 7) is 2.30. The molecule has 0 N–H and O–H groups in total. The van der Waals surface area contributed by atoms with E-state index in [0.29, 0.717) is 0 Å². The van der Waals surface area contributed by atoms with Crippen LogP contribution in [0, 0.1) is 5.92 Å². The molecule has 0 aromatic heterocycles. The number of halogens is 1. The maximum Gasteiger partial charge on any atom is 0.00660 e. The van der Waals surface area contributed by atoms with Gasteiger partial charge in [-0.15, -0.1) is 0 Å². The van der Waals surface area contributed by atoms with Gasteiger partial charge in [-0.1, -0.05) is 46.8 Å². The highest BCUT2D eigenvalue weighted by atomic mass is 79.9. The lowest BCUT2D eigenvalue weighted by molar-refractivity contribution is 0.402. The summed E-state index contributed by atoms with van der Waals surface area (Å²) in [4.78, 5) is 0. The highest BCUT2D eigenvalue weighted by Gasteiger charge is 2.13. The molecule has 0 spiro atoms. The predicted molar refractivity (Wildman–Crippen MR) is 58.7 cm³/mol. The summed E-state index contributed by atoms with van der Waals surface area (Å²) >= 11 is 3.46. The second kappa shape index (κ2) is 5.80. The van der Waals surface area contributed by atoms with Crippen LogP contribution in [-0.4, -0.2) is 5.33 Å². The summed E-state index contributed by atoms with van der Waals surface area (Å²) in [5.41, 5.74) is 1.63. The molecule has 12 heavy (non-hydrogen) atoms. The predicted octanol–water partition coefficient (Wildman–Crippen LogP) is 4.30. The minimum Gasteiger partial charge on any atom is -0.0925 e. The van der Waals surface area contributed by atoms with E-state index >= 15 is 0 Å². The molecular weight excluding hydrogens is 212 g/mol. The quantitative estimate of drug-likeness (QED) is 0.501. The maximum atomic E-state index is 3.46. The minimum absolute atomic E-state index is 0.915. The summed E-state index contributed by atoms with van der Waals surface area (Å²) in [7, 11) is 0. The summed E-state index contributed by atoms with van der Waals surface area (Å²) in [6, 6.07) is 0. The summed E-state index contributed by atoms with van der Waals surface area (Å²) in [6.07, 6.45) is 10.8. The Morgan fingerprint density at radius 3 is 2.58 bits per heavy atom. The van der Waals surface area contributed by atoms with Gasteiger partial charge in [0.15, 0.2) is 0 Å². The fourth-order valence-corrected chi connectivity index (χ4v) is 2.24. The van der Waals surface area contributed by atoms with Crippen molar-refractivity contribution in [2.24, 2.45) is 5.92 Å². The fourth-order valence-electron chi connectivity index (χ4n) is 2.01.